The first kappa shape index (κ1) is 28.6. The van der Waals surface area contributed by atoms with Crippen molar-refractivity contribution in [3.63, 3.8) is 0 Å². The fraction of sp³-hybridized carbons (Fsp3) is 0.471. The lowest BCUT2D eigenvalue weighted by Crippen LogP contribution is -2.38. The van der Waals surface area contributed by atoms with Crippen LogP contribution in [0.25, 0.3) is 0 Å². The van der Waals surface area contributed by atoms with Crippen molar-refractivity contribution in [2.75, 3.05) is 7.05 Å². The van der Waals surface area contributed by atoms with Gasteiger partial charge < -0.3 is 4.90 Å². The number of aliphatic imine (C=N–C) groups is 2. The van der Waals surface area contributed by atoms with Gasteiger partial charge in [0.05, 0.1) is 28.8 Å². The van der Waals surface area contributed by atoms with E-state index < -0.39 is 0 Å². The molecule has 3 rings (SSSR count). The molecule has 0 aromatic heterocycles. The SMILES string of the molecule is CC(=Nc1c(C(C)C)cccc1C(C)C)C1=CC=CC(C(C)=Nc2c(C(C)C)cccc2C(C)C)N1C. The van der Waals surface area contributed by atoms with Gasteiger partial charge in [0.2, 0.25) is 0 Å². The molecule has 0 saturated heterocycles. The minimum atomic E-state index is 0.0790. The van der Waals surface area contributed by atoms with Gasteiger partial charge in [-0.05, 0) is 65.8 Å². The van der Waals surface area contributed by atoms with Gasteiger partial charge in [-0.1, -0.05) is 104 Å². The number of hydrogen-bond acceptors (Lipinski definition) is 3. The Morgan fingerprint density at radius 2 is 1.08 bits per heavy atom. The number of benzene rings is 2. The molecular formula is C34H47N3. The van der Waals surface area contributed by atoms with Crippen molar-refractivity contribution < 1.29 is 0 Å². The van der Waals surface area contributed by atoms with E-state index in [0.717, 1.165) is 28.5 Å². The summed E-state index contributed by atoms with van der Waals surface area (Å²) in [5.74, 6) is 1.68. The Bertz CT molecular complexity index is 1170. The van der Waals surface area contributed by atoms with Gasteiger partial charge in [-0.15, -0.1) is 0 Å². The molecule has 3 heteroatoms. The van der Waals surface area contributed by atoms with Gasteiger partial charge in [0, 0.05) is 12.8 Å². The van der Waals surface area contributed by atoms with Crippen LogP contribution in [-0.2, 0) is 0 Å². The third-order valence-electron chi connectivity index (χ3n) is 7.40. The molecular weight excluding hydrogens is 450 g/mol. The van der Waals surface area contributed by atoms with E-state index in [1.165, 1.54) is 22.3 Å². The third-order valence-corrected chi connectivity index (χ3v) is 7.40. The molecule has 0 N–H and O–H groups in total. The van der Waals surface area contributed by atoms with E-state index in [4.69, 9.17) is 9.98 Å². The van der Waals surface area contributed by atoms with Gasteiger partial charge in [0.1, 0.15) is 0 Å². The van der Waals surface area contributed by atoms with Gasteiger partial charge >= 0.3 is 0 Å². The van der Waals surface area contributed by atoms with Crippen molar-refractivity contribution in [2.45, 2.75) is 99.0 Å². The largest absolute Gasteiger partial charge is 0.361 e. The quantitative estimate of drug-likeness (QED) is 0.333. The highest BCUT2D eigenvalue weighted by Gasteiger charge is 2.24. The van der Waals surface area contributed by atoms with E-state index in [1.54, 1.807) is 0 Å². The second-order valence-corrected chi connectivity index (χ2v) is 11.6. The Labute approximate surface area is 226 Å². The lowest BCUT2D eigenvalue weighted by atomic mass is 9.92. The minimum absolute atomic E-state index is 0.0790. The highest BCUT2D eigenvalue weighted by Crippen LogP contribution is 2.37. The fourth-order valence-electron chi connectivity index (χ4n) is 5.19. The van der Waals surface area contributed by atoms with Crippen molar-refractivity contribution in [1.29, 1.82) is 0 Å². The predicted molar refractivity (Wildman–Crippen MR) is 164 cm³/mol. The molecule has 198 valence electrons. The molecule has 2 aromatic rings. The topological polar surface area (TPSA) is 28.0 Å². The van der Waals surface area contributed by atoms with Crippen LogP contribution in [0.5, 0.6) is 0 Å². The summed E-state index contributed by atoms with van der Waals surface area (Å²) in [5.41, 5.74) is 10.8. The predicted octanol–water partition coefficient (Wildman–Crippen LogP) is 9.82. The molecule has 1 atom stereocenters. The first-order valence-corrected chi connectivity index (χ1v) is 13.9. The van der Waals surface area contributed by atoms with Crippen molar-refractivity contribution in [3.05, 3.63) is 82.6 Å². The Balaban J connectivity index is 2.02. The summed E-state index contributed by atoms with van der Waals surface area (Å²) in [6.45, 7) is 22.3. The molecule has 0 bridgehead atoms. The van der Waals surface area contributed by atoms with Crippen molar-refractivity contribution in [2.24, 2.45) is 9.98 Å². The molecule has 0 amide bonds. The molecule has 1 unspecified atom stereocenters. The lowest BCUT2D eigenvalue weighted by molar-refractivity contribution is 0.431. The van der Waals surface area contributed by atoms with Gasteiger partial charge in [0.15, 0.2) is 0 Å². The summed E-state index contributed by atoms with van der Waals surface area (Å²) >= 11 is 0. The monoisotopic (exact) mass is 497 g/mol. The van der Waals surface area contributed by atoms with Crippen LogP contribution in [0, 0.1) is 0 Å². The molecule has 1 aliphatic heterocycles. The first-order chi connectivity index (χ1) is 17.4. The van der Waals surface area contributed by atoms with E-state index >= 15 is 0 Å². The smallest absolute Gasteiger partial charge is 0.0855 e. The maximum Gasteiger partial charge on any atom is 0.0855 e. The van der Waals surface area contributed by atoms with Crippen LogP contribution in [-0.4, -0.2) is 29.4 Å². The molecule has 2 aromatic carbocycles. The molecule has 37 heavy (non-hydrogen) atoms. The molecule has 0 saturated carbocycles. The van der Waals surface area contributed by atoms with Crippen LogP contribution in [0.2, 0.25) is 0 Å². The second kappa shape index (κ2) is 12.1. The average molecular weight is 498 g/mol. The molecule has 1 heterocycles. The molecule has 3 nitrogen and oxygen atoms in total. The normalized spacial score (nSPS) is 17.0. The lowest BCUT2D eigenvalue weighted by Gasteiger charge is -2.33. The van der Waals surface area contributed by atoms with Gasteiger partial charge in [0.25, 0.3) is 0 Å². The number of hydrogen-bond donors (Lipinski definition) is 0. The third kappa shape index (κ3) is 6.32. The zero-order chi connectivity index (χ0) is 27.4. The standard InChI is InChI=1S/C34H47N3/c1-21(2)27-15-12-16-28(22(3)4)33(27)35-25(9)31-19-14-20-32(37(31)11)26(10)36-34-29(23(5)6)17-13-18-30(34)24(7)8/h12-24,31H,1-11H3. The Kier molecular flexibility index (Phi) is 9.34. The summed E-state index contributed by atoms with van der Waals surface area (Å²) in [7, 11) is 2.16. The number of rotatable bonds is 8. The van der Waals surface area contributed by atoms with Crippen LogP contribution < -0.4 is 0 Å². The highest BCUT2D eigenvalue weighted by atomic mass is 15.2. The van der Waals surface area contributed by atoms with Gasteiger partial charge in [-0.3, -0.25) is 9.98 Å². The summed E-state index contributed by atoms with van der Waals surface area (Å²) in [4.78, 5) is 12.9. The molecule has 1 aliphatic rings. The van der Waals surface area contributed by atoms with Crippen LogP contribution in [0.4, 0.5) is 11.4 Å². The zero-order valence-corrected chi connectivity index (χ0v) is 24.9. The Morgan fingerprint density at radius 3 is 1.49 bits per heavy atom. The second-order valence-electron chi connectivity index (χ2n) is 11.6. The van der Waals surface area contributed by atoms with E-state index in [1.807, 2.05) is 0 Å². The zero-order valence-electron chi connectivity index (χ0n) is 24.9. The summed E-state index contributed by atoms with van der Waals surface area (Å²) in [5, 5.41) is 0. The van der Waals surface area contributed by atoms with Crippen molar-refractivity contribution >= 4 is 22.8 Å². The van der Waals surface area contributed by atoms with Crippen LogP contribution in [0.1, 0.15) is 115 Å². The van der Waals surface area contributed by atoms with Gasteiger partial charge in [-0.25, -0.2) is 0 Å². The molecule has 0 spiro atoms. The summed E-state index contributed by atoms with van der Waals surface area (Å²) in [6.07, 6.45) is 6.58. The highest BCUT2D eigenvalue weighted by molar-refractivity contribution is 6.02. The summed E-state index contributed by atoms with van der Waals surface area (Å²) in [6, 6.07) is 13.3. The minimum Gasteiger partial charge on any atom is -0.361 e. The van der Waals surface area contributed by atoms with E-state index in [9.17, 15) is 0 Å². The van der Waals surface area contributed by atoms with Crippen molar-refractivity contribution in [3.8, 4) is 0 Å². The molecule has 0 fully saturated rings. The summed E-state index contributed by atoms with van der Waals surface area (Å²) < 4.78 is 0. The number of nitrogens with zero attached hydrogens (tertiary/aromatic N) is 3. The van der Waals surface area contributed by atoms with Crippen LogP contribution >= 0.6 is 0 Å². The number of para-hydroxylation sites is 2. The number of likely N-dealkylation sites (N-methyl/N-ethyl adjacent to an activating group) is 1. The average Bonchev–Trinajstić information content (AvgIpc) is 2.83. The molecule has 0 aliphatic carbocycles. The maximum atomic E-state index is 5.28. The first-order valence-electron chi connectivity index (χ1n) is 13.9. The van der Waals surface area contributed by atoms with Gasteiger partial charge in [-0.2, -0.15) is 0 Å². The van der Waals surface area contributed by atoms with E-state index in [-0.39, 0.29) is 6.04 Å². The molecule has 0 radical (unpaired) electrons. The number of allylic oxidation sites excluding steroid dienone is 3. The Morgan fingerprint density at radius 1 is 0.676 bits per heavy atom. The van der Waals surface area contributed by atoms with Crippen LogP contribution in [0.15, 0.2) is 70.3 Å². The van der Waals surface area contributed by atoms with E-state index in [2.05, 4.69) is 136 Å². The maximum absolute atomic E-state index is 5.28. The van der Waals surface area contributed by atoms with Crippen molar-refractivity contribution in [1.82, 2.24) is 4.90 Å². The Hall–Kier alpha value is -2.94. The fourth-order valence-corrected chi connectivity index (χ4v) is 5.19. The van der Waals surface area contributed by atoms with E-state index in [0.29, 0.717) is 23.7 Å². The van der Waals surface area contributed by atoms with Crippen LogP contribution in [0.3, 0.4) is 0 Å².